The van der Waals surface area contributed by atoms with Gasteiger partial charge in [-0.25, -0.2) is 4.79 Å². The molecule has 1 saturated heterocycles. The van der Waals surface area contributed by atoms with Gasteiger partial charge in [-0.05, 0) is 37.0 Å². The molecule has 0 saturated carbocycles. The molecule has 134 valence electrons. The minimum Gasteiger partial charge on any atom is -0.358 e. The van der Waals surface area contributed by atoms with Crippen LogP contribution >= 0.6 is 0 Å². The lowest BCUT2D eigenvalue weighted by Gasteiger charge is -2.17. The fourth-order valence-electron chi connectivity index (χ4n) is 4.01. The second-order valence-electron chi connectivity index (χ2n) is 7.10. The molecule has 0 bridgehead atoms. The molecule has 0 radical (unpaired) electrons. The van der Waals surface area contributed by atoms with E-state index in [0.29, 0.717) is 12.5 Å². The molecule has 4 heteroatoms. The number of carbonyl (C=O) groups is 1. The molecule has 0 aliphatic carbocycles. The lowest BCUT2D eigenvalue weighted by molar-refractivity contribution is 0.208. The van der Waals surface area contributed by atoms with Crippen molar-refractivity contribution in [3.05, 3.63) is 71.4 Å². The third-order valence-electron chi connectivity index (χ3n) is 5.42. The summed E-state index contributed by atoms with van der Waals surface area (Å²) in [7, 11) is 0. The van der Waals surface area contributed by atoms with Crippen LogP contribution in [0.2, 0.25) is 0 Å². The van der Waals surface area contributed by atoms with Crippen LogP contribution in [0.4, 0.5) is 4.79 Å². The standard InChI is InChI=1S/C22H25N3O/c1-16-19(20-9-5-6-10-21(20)24-16)11-13-23-22(26)25-14-12-18(15-25)17-7-3-2-4-8-17/h2-10,18,24H,11-15H2,1H3,(H,23,26). The van der Waals surface area contributed by atoms with Crippen molar-refractivity contribution in [2.75, 3.05) is 19.6 Å². The van der Waals surface area contributed by atoms with Gasteiger partial charge in [0, 0.05) is 42.1 Å². The van der Waals surface area contributed by atoms with Crippen molar-refractivity contribution in [2.24, 2.45) is 0 Å². The molecule has 4 rings (SSSR count). The second kappa shape index (κ2) is 7.24. The first-order valence-corrected chi connectivity index (χ1v) is 9.36. The van der Waals surface area contributed by atoms with Gasteiger partial charge in [0.25, 0.3) is 0 Å². The van der Waals surface area contributed by atoms with E-state index < -0.39 is 0 Å². The highest BCUT2D eigenvalue weighted by molar-refractivity contribution is 5.84. The van der Waals surface area contributed by atoms with E-state index in [1.54, 1.807) is 0 Å². The summed E-state index contributed by atoms with van der Waals surface area (Å²) in [4.78, 5) is 17.9. The molecule has 26 heavy (non-hydrogen) atoms. The molecule has 1 aliphatic heterocycles. The zero-order valence-corrected chi connectivity index (χ0v) is 15.2. The van der Waals surface area contributed by atoms with E-state index in [4.69, 9.17) is 0 Å². The molecule has 2 heterocycles. The highest BCUT2D eigenvalue weighted by atomic mass is 16.2. The Kier molecular flexibility index (Phi) is 4.65. The number of para-hydroxylation sites is 1. The summed E-state index contributed by atoms with van der Waals surface area (Å²) in [5.41, 5.74) is 4.98. The number of hydrogen-bond donors (Lipinski definition) is 2. The van der Waals surface area contributed by atoms with Crippen LogP contribution in [-0.2, 0) is 6.42 Å². The molecule has 1 aliphatic rings. The summed E-state index contributed by atoms with van der Waals surface area (Å²) in [5, 5.41) is 4.35. The number of hydrogen-bond acceptors (Lipinski definition) is 1. The van der Waals surface area contributed by atoms with E-state index in [-0.39, 0.29) is 6.03 Å². The number of benzene rings is 2. The summed E-state index contributed by atoms with van der Waals surface area (Å²) < 4.78 is 0. The van der Waals surface area contributed by atoms with Crippen molar-refractivity contribution >= 4 is 16.9 Å². The molecule has 3 aromatic rings. The van der Waals surface area contributed by atoms with Gasteiger partial charge in [0.2, 0.25) is 0 Å². The minimum atomic E-state index is 0.0564. The maximum Gasteiger partial charge on any atom is 0.317 e. The first-order valence-electron chi connectivity index (χ1n) is 9.36. The molecular formula is C22H25N3O. The zero-order valence-electron chi connectivity index (χ0n) is 15.2. The van der Waals surface area contributed by atoms with Gasteiger partial charge in [0.15, 0.2) is 0 Å². The molecular weight excluding hydrogens is 322 g/mol. The summed E-state index contributed by atoms with van der Waals surface area (Å²) in [6.07, 6.45) is 1.89. The quantitative estimate of drug-likeness (QED) is 0.729. The van der Waals surface area contributed by atoms with Gasteiger partial charge in [-0.15, -0.1) is 0 Å². The largest absolute Gasteiger partial charge is 0.358 e. The van der Waals surface area contributed by atoms with Crippen molar-refractivity contribution in [3.8, 4) is 0 Å². The number of aromatic amines is 1. The molecule has 4 nitrogen and oxygen atoms in total. The van der Waals surface area contributed by atoms with Gasteiger partial charge in [0.05, 0.1) is 0 Å². The number of H-pyrrole nitrogens is 1. The number of nitrogens with zero attached hydrogens (tertiary/aromatic N) is 1. The van der Waals surface area contributed by atoms with E-state index in [0.717, 1.165) is 31.4 Å². The number of carbonyl (C=O) groups excluding carboxylic acids is 1. The van der Waals surface area contributed by atoms with Crippen LogP contribution in [0.25, 0.3) is 10.9 Å². The van der Waals surface area contributed by atoms with E-state index in [2.05, 4.69) is 59.7 Å². The van der Waals surface area contributed by atoms with Crippen LogP contribution < -0.4 is 5.32 Å². The molecule has 1 atom stereocenters. The summed E-state index contributed by atoms with van der Waals surface area (Å²) in [6, 6.07) is 18.9. The summed E-state index contributed by atoms with van der Waals surface area (Å²) in [5.74, 6) is 0.456. The Morgan fingerprint density at radius 3 is 2.77 bits per heavy atom. The molecule has 1 unspecified atom stereocenters. The van der Waals surface area contributed by atoms with E-state index in [9.17, 15) is 4.79 Å². The van der Waals surface area contributed by atoms with Crippen LogP contribution in [0.5, 0.6) is 0 Å². The number of aryl methyl sites for hydroxylation is 1. The maximum atomic E-state index is 12.5. The third kappa shape index (κ3) is 3.32. The van der Waals surface area contributed by atoms with Gasteiger partial charge in [-0.3, -0.25) is 0 Å². The minimum absolute atomic E-state index is 0.0564. The highest BCUT2D eigenvalue weighted by Crippen LogP contribution is 2.27. The van der Waals surface area contributed by atoms with Gasteiger partial charge >= 0.3 is 6.03 Å². The molecule has 2 aromatic carbocycles. The smallest absolute Gasteiger partial charge is 0.317 e. The average Bonchev–Trinajstić information content (AvgIpc) is 3.28. The Labute approximate surface area is 154 Å². The van der Waals surface area contributed by atoms with Crippen molar-refractivity contribution in [2.45, 2.75) is 25.7 Å². The number of fused-ring (bicyclic) bond motifs is 1. The molecule has 2 N–H and O–H groups in total. The predicted octanol–water partition coefficient (Wildman–Crippen LogP) is 4.22. The van der Waals surface area contributed by atoms with Crippen LogP contribution in [0, 0.1) is 6.92 Å². The number of nitrogens with one attached hydrogen (secondary N) is 2. The summed E-state index contributed by atoms with van der Waals surface area (Å²) in [6.45, 7) is 4.40. The number of amides is 2. The normalized spacial score (nSPS) is 17.0. The Hall–Kier alpha value is -2.75. The Balaban J connectivity index is 1.32. The predicted molar refractivity (Wildman–Crippen MR) is 106 cm³/mol. The first-order chi connectivity index (χ1) is 12.7. The Morgan fingerprint density at radius 1 is 1.15 bits per heavy atom. The van der Waals surface area contributed by atoms with E-state index >= 15 is 0 Å². The number of urea groups is 1. The second-order valence-corrected chi connectivity index (χ2v) is 7.10. The SMILES string of the molecule is Cc1[nH]c2ccccc2c1CCNC(=O)N1CCC(c2ccccc2)C1. The molecule has 0 spiro atoms. The highest BCUT2D eigenvalue weighted by Gasteiger charge is 2.26. The average molecular weight is 347 g/mol. The maximum absolute atomic E-state index is 12.5. The van der Waals surface area contributed by atoms with Crippen molar-refractivity contribution in [3.63, 3.8) is 0 Å². The Bertz CT molecular complexity index is 900. The topological polar surface area (TPSA) is 48.1 Å². The van der Waals surface area contributed by atoms with Gasteiger partial charge in [0.1, 0.15) is 0 Å². The fraction of sp³-hybridized carbons (Fsp3) is 0.318. The van der Waals surface area contributed by atoms with E-state index in [1.165, 1.54) is 22.2 Å². The van der Waals surface area contributed by atoms with Crippen LogP contribution in [-0.4, -0.2) is 35.5 Å². The van der Waals surface area contributed by atoms with Crippen LogP contribution in [0.15, 0.2) is 54.6 Å². The van der Waals surface area contributed by atoms with Crippen molar-refractivity contribution in [1.29, 1.82) is 0 Å². The fourth-order valence-corrected chi connectivity index (χ4v) is 4.01. The van der Waals surface area contributed by atoms with Crippen LogP contribution in [0.3, 0.4) is 0 Å². The Morgan fingerprint density at radius 2 is 1.92 bits per heavy atom. The first kappa shape index (κ1) is 16.7. The molecule has 1 fully saturated rings. The number of rotatable bonds is 4. The van der Waals surface area contributed by atoms with Gasteiger partial charge in [-0.2, -0.15) is 0 Å². The van der Waals surface area contributed by atoms with Gasteiger partial charge in [-0.1, -0.05) is 48.5 Å². The number of aromatic nitrogens is 1. The molecule has 2 amide bonds. The zero-order chi connectivity index (χ0) is 17.9. The lowest BCUT2D eigenvalue weighted by atomic mass is 9.99. The monoisotopic (exact) mass is 347 g/mol. The lowest BCUT2D eigenvalue weighted by Crippen LogP contribution is -2.39. The van der Waals surface area contributed by atoms with Crippen molar-refractivity contribution < 1.29 is 4.79 Å². The van der Waals surface area contributed by atoms with Gasteiger partial charge < -0.3 is 15.2 Å². The van der Waals surface area contributed by atoms with E-state index in [1.807, 2.05) is 17.0 Å². The summed E-state index contributed by atoms with van der Waals surface area (Å²) >= 11 is 0. The van der Waals surface area contributed by atoms with Crippen LogP contribution in [0.1, 0.15) is 29.2 Å². The third-order valence-corrected chi connectivity index (χ3v) is 5.42. The van der Waals surface area contributed by atoms with Crippen molar-refractivity contribution in [1.82, 2.24) is 15.2 Å². The number of likely N-dealkylation sites (tertiary alicyclic amines) is 1. The molecule has 1 aromatic heterocycles.